The Labute approximate surface area is 97.0 Å². The quantitative estimate of drug-likeness (QED) is 0.754. The van der Waals surface area contributed by atoms with Crippen molar-refractivity contribution in [3.05, 3.63) is 0 Å². The summed E-state index contributed by atoms with van der Waals surface area (Å²) in [6, 6.07) is -0.353. The highest BCUT2D eigenvalue weighted by Gasteiger charge is 2.23. The lowest BCUT2D eigenvalue weighted by Gasteiger charge is -2.15. The third-order valence-electron chi connectivity index (χ3n) is 2.61. The molecule has 0 bridgehead atoms. The minimum Gasteiger partial charge on any atom is -0.306 e. The largest absolute Gasteiger partial charge is 0.306 e. The molecule has 1 aliphatic heterocycles. The molecule has 0 aliphatic carbocycles. The van der Waals surface area contributed by atoms with Crippen LogP contribution in [0.5, 0.6) is 0 Å². The van der Waals surface area contributed by atoms with Crippen LogP contribution in [0.25, 0.3) is 0 Å². The second-order valence-corrected chi connectivity index (χ2v) is 5.98. The molecule has 1 rings (SSSR count). The Hall–Kier alpha value is -0.620. The maximum absolute atomic E-state index is 11.7. The Bertz CT molecular complexity index is 319. The summed E-state index contributed by atoms with van der Waals surface area (Å²) in [6.07, 6.45) is 4.34. The Morgan fingerprint density at radius 2 is 2.12 bits per heavy atom. The van der Waals surface area contributed by atoms with Crippen LogP contribution in [0.15, 0.2) is 0 Å². The lowest BCUT2D eigenvalue weighted by Crippen LogP contribution is -2.46. The van der Waals surface area contributed by atoms with Crippen molar-refractivity contribution in [3.63, 3.8) is 0 Å². The first-order chi connectivity index (χ1) is 7.55. The number of amides is 1. The summed E-state index contributed by atoms with van der Waals surface area (Å²) in [7, 11) is -3.43. The summed E-state index contributed by atoms with van der Waals surface area (Å²) < 4.78 is 24.9. The monoisotopic (exact) mass is 248 g/mol. The zero-order valence-corrected chi connectivity index (χ0v) is 10.5. The Morgan fingerprint density at radius 1 is 1.38 bits per heavy atom. The van der Waals surface area contributed by atoms with Crippen molar-refractivity contribution in [1.29, 1.82) is 0 Å². The summed E-state index contributed by atoms with van der Waals surface area (Å²) in [5.41, 5.74) is 0. The van der Waals surface area contributed by atoms with Gasteiger partial charge in [-0.2, -0.15) is 0 Å². The van der Waals surface area contributed by atoms with Gasteiger partial charge in [-0.15, -0.1) is 0 Å². The molecule has 16 heavy (non-hydrogen) atoms. The van der Waals surface area contributed by atoms with Crippen LogP contribution in [0.1, 0.15) is 39.0 Å². The van der Waals surface area contributed by atoms with Crippen LogP contribution in [0.2, 0.25) is 0 Å². The second kappa shape index (κ2) is 6.20. The van der Waals surface area contributed by atoms with Gasteiger partial charge in [0, 0.05) is 0 Å². The van der Waals surface area contributed by atoms with E-state index in [1.54, 1.807) is 6.92 Å². The SMILES string of the molecule is CCCS(=O)(=O)NC(=O)C1CCCCCN1. The number of sulfonamides is 1. The van der Waals surface area contributed by atoms with Crippen LogP contribution in [0, 0.1) is 0 Å². The number of hydrogen-bond acceptors (Lipinski definition) is 4. The van der Waals surface area contributed by atoms with Crippen LogP contribution in [0.3, 0.4) is 0 Å². The van der Waals surface area contributed by atoms with Crippen molar-refractivity contribution in [3.8, 4) is 0 Å². The molecule has 0 spiro atoms. The van der Waals surface area contributed by atoms with E-state index in [1.807, 2.05) is 0 Å². The molecule has 2 N–H and O–H groups in total. The van der Waals surface area contributed by atoms with Gasteiger partial charge in [-0.25, -0.2) is 8.42 Å². The topological polar surface area (TPSA) is 75.3 Å². The molecule has 0 saturated carbocycles. The average molecular weight is 248 g/mol. The van der Waals surface area contributed by atoms with E-state index in [9.17, 15) is 13.2 Å². The third-order valence-corrected chi connectivity index (χ3v) is 4.06. The maximum atomic E-state index is 11.7. The van der Waals surface area contributed by atoms with Crippen molar-refractivity contribution < 1.29 is 13.2 Å². The van der Waals surface area contributed by atoms with Crippen molar-refractivity contribution in [2.24, 2.45) is 0 Å². The second-order valence-electron chi connectivity index (χ2n) is 4.14. The van der Waals surface area contributed by atoms with Gasteiger partial charge in [0.2, 0.25) is 10.0 Å². The molecule has 0 aromatic rings. The third kappa shape index (κ3) is 4.49. The minimum atomic E-state index is -3.43. The number of hydrogen-bond donors (Lipinski definition) is 2. The lowest BCUT2D eigenvalue weighted by molar-refractivity contribution is -0.121. The molecule has 0 radical (unpaired) electrons. The molecule has 94 valence electrons. The highest BCUT2D eigenvalue weighted by Crippen LogP contribution is 2.08. The van der Waals surface area contributed by atoms with Crippen LogP contribution in [-0.4, -0.2) is 32.7 Å². The molecule has 1 unspecified atom stereocenters. The van der Waals surface area contributed by atoms with E-state index < -0.39 is 15.9 Å². The molecule has 1 aliphatic rings. The Kier molecular flexibility index (Phi) is 5.21. The summed E-state index contributed by atoms with van der Waals surface area (Å²) in [4.78, 5) is 11.7. The molecule has 1 saturated heterocycles. The van der Waals surface area contributed by atoms with Gasteiger partial charge in [-0.05, 0) is 25.8 Å². The van der Waals surface area contributed by atoms with Gasteiger partial charge >= 0.3 is 0 Å². The van der Waals surface area contributed by atoms with Crippen LogP contribution in [-0.2, 0) is 14.8 Å². The Balaban J connectivity index is 2.50. The predicted octanol–water partition coefficient (Wildman–Crippen LogP) is 0.375. The van der Waals surface area contributed by atoms with E-state index in [-0.39, 0.29) is 11.8 Å². The molecule has 1 atom stereocenters. The standard InChI is InChI=1S/C10H20N2O3S/c1-2-8-16(14,15)12-10(13)9-6-4-3-5-7-11-9/h9,11H,2-8H2,1H3,(H,12,13). The van der Waals surface area contributed by atoms with Gasteiger partial charge in [-0.1, -0.05) is 19.8 Å². The number of carbonyl (C=O) groups is 1. The molecule has 0 aromatic heterocycles. The summed E-state index contributed by atoms with van der Waals surface area (Å²) >= 11 is 0. The van der Waals surface area contributed by atoms with Gasteiger partial charge < -0.3 is 5.32 Å². The molecule has 6 heteroatoms. The summed E-state index contributed by atoms with van der Waals surface area (Å²) in [5, 5.41) is 3.07. The van der Waals surface area contributed by atoms with Gasteiger partial charge in [0.1, 0.15) is 0 Å². The van der Waals surface area contributed by atoms with E-state index in [4.69, 9.17) is 0 Å². The van der Waals surface area contributed by atoms with Gasteiger partial charge in [0.25, 0.3) is 5.91 Å². The van der Waals surface area contributed by atoms with Crippen molar-refractivity contribution in [1.82, 2.24) is 10.0 Å². The van der Waals surface area contributed by atoms with Gasteiger partial charge in [0.15, 0.2) is 0 Å². The fourth-order valence-electron chi connectivity index (χ4n) is 1.80. The van der Waals surface area contributed by atoms with Gasteiger partial charge in [-0.3, -0.25) is 9.52 Å². The first-order valence-electron chi connectivity index (χ1n) is 5.83. The molecular weight excluding hydrogens is 228 g/mol. The van der Waals surface area contributed by atoms with Crippen molar-refractivity contribution >= 4 is 15.9 Å². The van der Waals surface area contributed by atoms with Crippen LogP contribution in [0.4, 0.5) is 0 Å². The number of carbonyl (C=O) groups excluding carboxylic acids is 1. The highest BCUT2D eigenvalue weighted by atomic mass is 32.2. The predicted molar refractivity (Wildman–Crippen MR) is 62.5 cm³/mol. The van der Waals surface area contributed by atoms with Crippen LogP contribution >= 0.6 is 0 Å². The highest BCUT2D eigenvalue weighted by molar-refractivity contribution is 7.90. The Morgan fingerprint density at radius 3 is 2.81 bits per heavy atom. The van der Waals surface area contributed by atoms with Crippen molar-refractivity contribution in [2.75, 3.05) is 12.3 Å². The molecule has 5 nitrogen and oxygen atoms in total. The lowest BCUT2D eigenvalue weighted by atomic mass is 10.1. The van der Waals surface area contributed by atoms with E-state index in [1.165, 1.54) is 0 Å². The maximum Gasteiger partial charge on any atom is 0.250 e. The molecule has 0 aromatic carbocycles. The number of nitrogens with one attached hydrogen (secondary N) is 2. The van der Waals surface area contributed by atoms with Crippen molar-refractivity contribution in [2.45, 2.75) is 45.1 Å². The fourth-order valence-corrected chi connectivity index (χ4v) is 2.88. The summed E-state index contributed by atoms with van der Waals surface area (Å²) in [5.74, 6) is -0.402. The smallest absolute Gasteiger partial charge is 0.250 e. The first-order valence-corrected chi connectivity index (χ1v) is 7.48. The molecule has 1 heterocycles. The molecule has 1 fully saturated rings. The van der Waals surface area contributed by atoms with E-state index >= 15 is 0 Å². The minimum absolute atomic E-state index is 0.00542. The fraction of sp³-hybridized carbons (Fsp3) is 0.900. The van der Waals surface area contributed by atoms with E-state index in [0.29, 0.717) is 12.8 Å². The van der Waals surface area contributed by atoms with Gasteiger partial charge in [0.05, 0.1) is 11.8 Å². The van der Waals surface area contributed by atoms with E-state index in [2.05, 4.69) is 10.0 Å². The zero-order valence-electron chi connectivity index (χ0n) is 9.66. The van der Waals surface area contributed by atoms with Crippen LogP contribution < -0.4 is 10.0 Å². The normalized spacial score (nSPS) is 22.4. The summed E-state index contributed by atoms with van der Waals surface area (Å²) in [6.45, 7) is 2.56. The average Bonchev–Trinajstić information content (AvgIpc) is 2.44. The molecular formula is C10H20N2O3S. The zero-order chi connectivity index (χ0) is 12.0. The molecule has 1 amide bonds. The number of rotatable bonds is 4. The first kappa shape index (κ1) is 13.4. The van der Waals surface area contributed by atoms with E-state index in [0.717, 1.165) is 25.8 Å².